The summed E-state index contributed by atoms with van der Waals surface area (Å²) < 4.78 is 68.1. The molecular weight excluding hydrogens is 308 g/mol. The summed E-state index contributed by atoms with van der Waals surface area (Å²) >= 11 is 0. The van der Waals surface area contributed by atoms with E-state index in [1.807, 2.05) is 0 Å². The molecule has 9 heteroatoms. The summed E-state index contributed by atoms with van der Waals surface area (Å²) in [6, 6.07) is 6.03. The third-order valence-corrected chi connectivity index (χ3v) is 4.40. The van der Waals surface area contributed by atoms with Gasteiger partial charge in [0.15, 0.2) is 0 Å². The van der Waals surface area contributed by atoms with E-state index in [1.165, 1.54) is 25.3 Å². The molecule has 0 aliphatic rings. The molecule has 2 aromatic carbocycles. The van der Waals surface area contributed by atoms with Crippen LogP contribution in [0.2, 0.25) is 0 Å². The largest absolute Gasteiger partial charge is 0.497 e. The predicted octanol–water partition coefficient (Wildman–Crippen LogP) is 1.34. The third-order valence-electron chi connectivity index (χ3n) is 2.67. The van der Waals surface area contributed by atoms with Gasteiger partial charge in [-0.1, -0.05) is 6.07 Å². The van der Waals surface area contributed by atoms with Gasteiger partial charge in [0.2, 0.25) is 0 Å². The van der Waals surface area contributed by atoms with E-state index >= 15 is 0 Å². The molecule has 2 rings (SSSR count). The van der Waals surface area contributed by atoms with Crippen LogP contribution >= 0.6 is 0 Å². The lowest BCUT2D eigenvalue weighted by atomic mass is 10.1. The van der Waals surface area contributed by atoms with Crippen molar-refractivity contribution in [3.05, 3.63) is 30.3 Å². The monoisotopic (exact) mass is 318 g/mol. The molecule has 0 aliphatic heterocycles. The van der Waals surface area contributed by atoms with Crippen molar-refractivity contribution in [2.75, 3.05) is 7.11 Å². The number of ether oxygens (including phenoxy) is 1. The van der Waals surface area contributed by atoms with E-state index in [1.54, 1.807) is 0 Å². The Labute approximate surface area is 115 Å². The fraction of sp³-hybridized carbons (Fsp3) is 0.0909. The number of benzene rings is 2. The Morgan fingerprint density at radius 2 is 1.60 bits per heavy atom. The molecule has 0 aliphatic carbocycles. The summed E-state index contributed by atoms with van der Waals surface area (Å²) in [6.45, 7) is 0. The van der Waals surface area contributed by atoms with E-state index < -0.39 is 30.0 Å². The molecule has 108 valence electrons. The lowest BCUT2D eigenvalue weighted by Crippen LogP contribution is -2.04. The maximum atomic E-state index is 11.4. The van der Waals surface area contributed by atoms with Crippen molar-refractivity contribution >= 4 is 31.0 Å². The highest BCUT2D eigenvalue weighted by Crippen LogP contribution is 2.30. The first kappa shape index (κ1) is 14.7. The van der Waals surface area contributed by atoms with Crippen molar-refractivity contribution in [3.63, 3.8) is 0 Å². The highest BCUT2D eigenvalue weighted by molar-refractivity contribution is 7.86. The Hall–Kier alpha value is -1.68. The molecule has 0 fully saturated rings. The molecule has 0 heterocycles. The molecular formula is C11H10O7S2. The number of hydrogen-bond donors (Lipinski definition) is 2. The average Bonchev–Trinajstić information content (AvgIpc) is 2.34. The van der Waals surface area contributed by atoms with Gasteiger partial charge in [-0.25, -0.2) is 0 Å². The van der Waals surface area contributed by atoms with Crippen molar-refractivity contribution in [1.82, 2.24) is 0 Å². The second-order valence-corrected chi connectivity index (χ2v) is 6.77. The van der Waals surface area contributed by atoms with Crippen LogP contribution in [0.4, 0.5) is 0 Å². The molecule has 20 heavy (non-hydrogen) atoms. The molecule has 0 radical (unpaired) electrons. The van der Waals surface area contributed by atoms with Gasteiger partial charge in [-0.2, -0.15) is 16.8 Å². The van der Waals surface area contributed by atoms with Crippen LogP contribution in [0.5, 0.6) is 5.75 Å². The van der Waals surface area contributed by atoms with Crippen LogP contribution in [0.1, 0.15) is 0 Å². The molecule has 0 atom stereocenters. The standard InChI is InChI=1S/C11H10O7S2/c1-18-8-3-2-7-4-9(19(12,13)14)6-11(10(7)5-8)20(15,16)17/h2-6H,1H3,(H,12,13,14)(H,15,16,17). The second-order valence-electron chi connectivity index (χ2n) is 3.96. The molecule has 0 aromatic heterocycles. The van der Waals surface area contributed by atoms with Crippen LogP contribution in [-0.4, -0.2) is 33.1 Å². The third kappa shape index (κ3) is 2.75. The summed E-state index contributed by atoms with van der Waals surface area (Å²) in [5, 5.41) is 0.299. The highest BCUT2D eigenvalue weighted by Gasteiger charge is 2.20. The number of methoxy groups -OCH3 is 1. The summed E-state index contributed by atoms with van der Waals surface area (Å²) in [7, 11) is -7.89. The molecule has 0 unspecified atom stereocenters. The minimum atomic E-state index is -4.67. The van der Waals surface area contributed by atoms with Gasteiger partial charge in [-0.05, 0) is 29.7 Å². The molecule has 0 amide bonds. The normalized spacial score (nSPS) is 12.6. The van der Waals surface area contributed by atoms with Crippen LogP contribution in [-0.2, 0) is 20.2 Å². The fourth-order valence-electron chi connectivity index (χ4n) is 1.77. The van der Waals surface area contributed by atoms with Crippen LogP contribution in [0, 0.1) is 0 Å². The Kier molecular flexibility index (Phi) is 3.46. The summed E-state index contributed by atoms with van der Waals surface area (Å²) in [6.07, 6.45) is 0. The topological polar surface area (TPSA) is 118 Å². The molecule has 0 bridgehead atoms. The van der Waals surface area contributed by atoms with Crippen molar-refractivity contribution in [2.45, 2.75) is 9.79 Å². The first-order valence-electron chi connectivity index (χ1n) is 5.20. The van der Waals surface area contributed by atoms with Crippen LogP contribution in [0.15, 0.2) is 40.1 Å². The minimum Gasteiger partial charge on any atom is -0.497 e. The zero-order valence-electron chi connectivity index (χ0n) is 10.1. The van der Waals surface area contributed by atoms with Gasteiger partial charge in [0, 0.05) is 5.39 Å². The smallest absolute Gasteiger partial charge is 0.295 e. The lowest BCUT2D eigenvalue weighted by Gasteiger charge is -2.08. The van der Waals surface area contributed by atoms with Crippen LogP contribution < -0.4 is 4.74 Å². The van der Waals surface area contributed by atoms with Gasteiger partial charge in [0.25, 0.3) is 20.2 Å². The van der Waals surface area contributed by atoms with E-state index in [0.29, 0.717) is 11.8 Å². The molecule has 2 aromatic rings. The molecule has 2 N–H and O–H groups in total. The van der Waals surface area contributed by atoms with Crippen molar-refractivity contribution in [3.8, 4) is 5.75 Å². The van der Waals surface area contributed by atoms with E-state index in [2.05, 4.69) is 0 Å². The Bertz CT molecular complexity index is 882. The molecule has 7 nitrogen and oxygen atoms in total. The fourth-order valence-corrected chi connectivity index (χ4v) is 3.11. The van der Waals surface area contributed by atoms with Crippen molar-refractivity contribution < 1.29 is 30.7 Å². The summed E-state index contributed by atoms with van der Waals surface area (Å²) in [5.41, 5.74) is 0. The lowest BCUT2D eigenvalue weighted by molar-refractivity contribution is 0.415. The van der Waals surface area contributed by atoms with Gasteiger partial charge in [0.05, 0.1) is 12.0 Å². The maximum absolute atomic E-state index is 11.4. The molecule has 0 saturated carbocycles. The zero-order valence-corrected chi connectivity index (χ0v) is 11.8. The first-order chi connectivity index (χ1) is 9.13. The predicted molar refractivity (Wildman–Crippen MR) is 70.1 cm³/mol. The van der Waals surface area contributed by atoms with Crippen LogP contribution in [0.3, 0.4) is 0 Å². The van der Waals surface area contributed by atoms with Gasteiger partial charge >= 0.3 is 0 Å². The van der Waals surface area contributed by atoms with Crippen molar-refractivity contribution in [2.24, 2.45) is 0 Å². The quantitative estimate of drug-likeness (QED) is 0.820. The van der Waals surface area contributed by atoms with E-state index in [0.717, 1.165) is 6.07 Å². The van der Waals surface area contributed by atoms with E-state index in [4.69, 9.17) is 9.29 Å². The number of rotatable bonds is 3. The Morgan fingerprint density at radius 3 is 2.10 bits per heavy atom. The summed E-state index contributed by atoms with van der Waals surface area (Å²) in [5.74, 6) is 0.335. The van der Waals surface area contributed by atoms with Crippen LogP contribution in [0.25, 0.3) is 10.8 Å². The van der Waals surface area contributed by atoms with Crippen molar-refractivity contribution in [1.29, 1.82) is 0 Å². The van der Waals surface area contributed by atoms with Gasteiger partial charge < -0.3 is 4.74 Å². The average molecular weight is 318 g/mol. The van der Waals surface area contributed by atoms with Gasteiger partial charge in [-0.15, -0.1) is 0 Å². The molecule has 0 saturated heterocycles. The highest BCUT2D eigenvalue weighted by atomic mass is 32.2. The van der Waals surface area contributed by atoms with E-state index in [9.17, 15) is 21.4 Å². The van der Waals surface area contributed by atoms with Gasteiger partial charge in [0.1, 0.15) is 10.6 Å². The zero-order chi connectivity index (χ0) is 15.1. The maximum Gasteiger partial charge on any atom is 0.295 e. The minimum absolute atomic E-state index is 0.0826. The number of hydrogen-bond acceptors (Lipinski definition) is 5. The summed E-state index contributed by atoms with van der Waals surface area (Å²) in [4.78, 5) is -1.25. The number of fused-ring (bicyclic) bond motifs is 1. The Morgan fingerprint density at radius 1 is 0.950 bits per heavy atom. The SMILES string of the molecule is COc1ccc2cc(S(=O)(=O)O)cc(S(=O)(=O)O)c2c1. The van der Waals surface area contributed by atoms with Gasteiger partial charge in [-0.3, -0.25) is 9.11 Å². The Balaban J connectivity index is 2.97. The first-order valence-corrected chi connectivity index (χ1v) is 8.08. The molecule has 0 spiro atoms. The van der Waals surface area contributed by atoms with E-state index in [-0.39, 0.29) is 10.8 Å². The second kappa shape index (κ2) is 4.70.